The normalized spacial score (nSPS) is 30.0. The highest BCUT2D eigenvalue weighted by atomic mass is 19.1. The Morgan fingerprint density at radius 1 is 1.12 bits per heavy atom. The zero-order chi connectivity index (χ0) is 17.6. The van der Waals surface area contributed by atoms with Crippen molar-refractivity contribution in [3.63, 3.8) is 0 Å². The summed E-state index contributed by atoms with van der Waals surface area (Å²) in [7, 11) is 0. The monoisotopic (exact) mass is 347 g/mol. The lowest BCUT2D eigenvalue weighted by atomic mass is 9.83. The summed E-state index contributed by atoms with van der Waals surface area (Å²) < 4.78 is 13.1. The van der Waals surface area contributed by atoms with E-state index in [1.54, 1.807) is 12.1 Å². The third-order valence-corrected chi connectivity index (χ3v) is 5.97. The maximum atomic E-state index is 13.1. The van der Waals surface area contributed by atoms with Crippen molar-refractivity contribution < 1.29 is 9.50 Å². The summed E-state index contributed by atoms with van der Waals surface area (Å²) in [5.74, 6) is 0.500. The van der Waals surface area contributed by atoms with Gasteiger partial charge in [-0.25, -0.2) is 4.39 Å². The fraction of sp³-hybridized carbons (Fsp3) is 0.700. The lowest BCUT2D eigenvalue weighted by Gasteiger charge is -2.61. The first-order valence-electron chi connectivity index (χ1n) is 9.57. The van der Waals surface area contributed by atoms with Crippen LogP contribution in [0.5, 0.6) is 0 Å². The summed E-state index contributed by atoms with van der Waals surface area (Å²) in [5.41, 5.74) is 1.36. The largest absolute Gasteiger partial charge is 0.392 e. The Balaban J connectivity index is 1.43. The molecular weight excluding hydrogens is 317 g/mol. The molecule has 1 spiro atoms. The molecule has 4 rings (SSSR count). The van der Waals surface area contributed by atoms with Gasteiger partial charge in [-0.1, -0.05) is 26.0 Å². The minimum atomic E-state index is -0.174. The highest BCUT2D eigenvalue weighted by Crippen LogP contribution is 2.39. The number of fused-ring (bicyclic) bond motifs is 2. The highest BCUT2D eigenvalue weighted by Gasteiger charge is 2.55. The van der Waals surface area contributed by atoms with Crippen molar-refractivity contribution in [1.82, 2.24) is 14.7 Å². The Kier molecular flexibility index (Phi) is 4.61. The maximum absolute atomic E-state index is 13.1. The van der Waals surface area contributed by atoms with Gasteiger partial charge in [-0.3, -0.25) is 14.7 Å². The van der Waals surface area contributed by atoms with Gasteiger partial charge in [0.15, 0.2) is 0 Å². The number of aliphatic hydroxyl groups is 1. The molecule has 3 saturated heterocycles. The van der Waals surface area contributed by atoms with Crippen molar-refractivity contribution in [2.24, 2.45) is 5.92 Å². The average Bonchev–Trinajstić information content (AvgIpc) is 2.88. The van der Waals surface area contributed by atoms with Crippen LogP contribution >= 0.6 is 0 Å². The van der Waals surface area contributed by atoms with Crippen LogP contribution in [0.1, 0.15) is 25.8 Å². The second-order valence-corrected chi connectivity index (χ2v) is 8.78. The van der Waals surface area contributed by atoms with Gasteiger partial charge < -0.3 is 5.11 Å². The molecule has 0 radical (unpaired) electrons. The topological polar surface area (TPSA) is 30.0 Å². The molecule has 1 aromatic rings. The Morgan fingerprint density at radius 2 is 1.80 bits per heavy atom. The van der Waals surface area contributed by atoms with Gasteiger partial charge in [-0.05, 0) is 30.0 Å². The molecule has 2 atom stereocenters. The predicted octanol–water partition coefficient (Wildman–Crippen LogP) is 1.79. The third kappa shape index (κ3) is 3.47. The first-order valence-corrected chi connectivity index (χ1v) is 9.57. The van der Waals surface area contributed by atoms with Crippen molar-refractivity contribution >= 4 is 0 Å². The van der Waals surface area contributed by atoms with Crippen LogP contribution in [0.4, 0.5) is 4.39 Å². The Hall–Kier alpha value is -1.01. The fourth-order valence-corrected chi connectivity index (χ4v) is 5.20. The zero-order valence-electron chi connectivity index (χ0n) is 15.4. The van der Waals surface area contributed by atoms with Crippen LogP contribution in [-0.2, 0) is 6.54 Å². The second-order valence-electron chi connectivity index (χ2n) is 8.78. The van der Waals surface area contributed by atoms with Gasteiger partial charge in [-0.15, -0.1) is 0 Å². The molecule has 138 valence electrons. The molecule has 1 aromatic carbocycles. The Morgan fingerprint density at radius 3 is 2.48 bits per heavy atom. The van der Waals surface area contributed by atoms with Gasteiger partial charge in [0.25, 0.3) is 0 Å². The first kappa shape index (κ1) is 17.4. The van der Waals surface area contributed by atoms with Crippen LogP contribution in [0.3, 0.4) is 0 Å². The van der Waals surface area contributed by atoms with E-state index in [0.29, 0.717) is 12.0 Å². The van der Waals surface area contributed by atoms with Crippen molar-refractivity contribution in [2.75, 3.05) is 39.3 Å². The van der Waals surface area contributed by atoms with Crippen LogP contribution in [0.25, 0.3) is 0 Å². The molecule has 3 fully saturated rings. The lowest BCUT2D eigenvalue weighted by Crippen LogP contribution is -2.77. The summed E-state index contributed by atoms with van der Waals surface area (Å²) in [5, 5.41) is 10.2. The van der Waals surface area contributed by atoms with E-state index < -0.39 is 0 Å². The number of aliphatic hydroxyl groups excluding tert-OH is 1. The zero-order valence-corrected chi connectivity index (χ0v) is 15.4. The number of piperazine rings is 1. The SMILES string of the molecule is CC(C)CN1CC2CC(O)CN2C2(C1)CN(Cc1ccc(F)cc1)C2. The number of likely N-dealkylation sites (tertiary alicyclic amines) is 1. The van der Waals surface area contributed by atoms with Gasteiger partial charge in [-0.2, -0.15) is 0 Å². The number of benzene rings is 1. The Labute approximate surface area is 150 Å². The van der Waals surface area contributed by atoms with E-state index in [0.717, 1.165) is 52.2 Å². The summed E-state index contributed by atoms with van der Waals surface area (Å²) in [4.78, 5) is 7.66. The van der Waals surface area contributed by atoms with Crippen molar-refractivity contribution in [3.05, 3.63) is 35.6 Å². The number of hydrogen-bond acceptors (Lipinski definition) is 4. The van der Waals surface area contributed by atoms with Crippen molar-refractivity contribution in [2.45, 2.75) is 44.5 Å². The maximum Gasteiger partial charge on any atom is 0.123 e. The smallest absolute Gasteiger partial charge is 0.123 e. The van der Waals surface area contributed by atoms with E-state index in [9.17, 15) is 9.50 Å². The van der Waals surface area contributed by atoms with Crippen LogP contribution < -0.4 is 0 Å². The van der Waals surface area contributed by atoms with Crippen molar-refractivity contribution in [1.29, 1.82) is 0 Å². The summed E-state index contributed by atoms with van der Waals surface area (Å²) in [6.45, 7) is 11.7. The number of β-amino-alcohol motifs (C(OH)–C–C–N with tert-alkyl or cyclic N) is 1. The fourth-order valence-electron chi connectivity index (χ4n) is 5.20. The van der Waals surface area contributed by atoms with Gasteiger partial charge in [0.2, 0.25) is 0 Å². The summed E-state index contributed by atoms with van der Waals surface area (Å²) in [6.07, 6.45) is 0.737. The van der Waals surface area contributed by atoms with E-state index in [4.69, 9.17) is 0 Å². The molecule has 5 heteroatoms. The molecule has 2 unspecified atom stereocenters. The van der Waals surface area contributed by atoms with Gasteiger partial charge >= 0.3 is 0 Å². The number of nitrogens with zero attached hydrogens (tertiary/aromatic N) is 3. The highest BCUT2D eigenvalue weighted by molar-refractivity contribution is 5.19. The van der Waals surface area contributed by atoms with Crippen LogP contribution in [0.15, 0.2) is 24.3 Å². The van der Waals surface area contributed by atoms with Crippen LogP contribution in [-0.4, -0.2) is 76.8 Å². The van der Waals surface area contributed by atoms with Gasteiger partial charge in [0.1, 0.15) is 5.82 Å². The van der Waals surface area contributed by atoms with Gasteiger partial charge in [0.05, 0.1) is 11.6 Å². The average molecular weight is 347 g/mol. The first-order chi connectivity index (χ1) is 11.9. The Bertz CT molecular complexity index is 599. The molecule has 3 aliphatic heterocycles. The molecule has 0 aromatic heterocycles. The minimum Gasteiger partial charge on any atom is -0.392 e. The van der Waals surface area contributed by atoms with Crippen LogP contribution in [0.2, 0.25) is 0 Å². The number of rotatable bonds is 4. The molecule has 1 N–H and O–H groups in total. The molecule has 4 nitrogen and oxygen atoms in total. The number of hydrogen-bond donors (Lipinski definition) is 1. The number of halogens is 1. The molecule has 0 amide bonds. The quantitative estimate of drug-likeness (QED) is 0.899. The summed E-state index contributed by atoms with van der Waals surface area (Å²) >= 11 is 0. The van der Waals surface area contributed by atoms with Crippen molar-refractivity contribution in [3.8, 4) is 0 Å². The minimum absolute atomic E-state index is 0.172. The molecule has 0 aliphatic carbocycles. The lowest BCUT2D eigenvalue weighted by molar-refractivity contribution is -0.117. The molecular formula is C20H30FN3O. The van der Waals surface area contributed by atoms with E-state index >= 15 is 0 Å². The van der Waals surface area contributed by atoms with E-state index in [-0.39, 0.29) is 17.5 Å². The van der Waals surface area contributed by atoms with Crippen LogP contribution in [0, 0.1) is 11.7 Å². The third-order valence-electron chi connectivity index (χ3n) is 5.97. The van der Waals surface area contributed by atoms with E-state index in [2.05, 4.69) is 28.5 Å². The molecule has 0 saturated carbocycles. The molecule has 3 heterocycles. The standard InChI is InChI=1S/C20H30FN3O/c1-15(2)8-22-10-18-7-19(25)11-24(18)20(12-22)13-23(14-20)9-16-3-5-17(21)6-4-16/h3-6,15,18-19,25H,7-14H2,1-2H3. The van der Waals surface area contributed by atoms with E-state index in [1.165, 1.54) is 5.56 Å². The molecule has 0 bridgehead atoms. The second kappa shape index (κ2) is 6.62. The predicted molar refractivity (Wildman–Crippen MR) is 96.8 cm³/mol. The van der Waals surface area contributed by atoms with Gasteiger partial charge in [0, 0.05) is 51.9 Å². The summed E-state index contributed by atoms with van der Waals surface area (Å²) in [6, 6.07) is 7.35. The molecule has 3 aliphatic rings. The molecule has 25 heavy (non-hydrogen) atoms. The van der Waals surface area contributed by atoms with E-state index in [1.807, 2.05) is 12.1 Å².